The molecule has 0 aromatic rings. The second-order valence-corrected chi connectivity index (χ2v) is 4.37. The standard InChI is InChI=1S/C12H20N2O/c1-8(2)9-3-5-10(6-4-9)11(13)7-12(14)15/h5,9,11H,1,3-4,6-7,13H2,2H3,(H2,14,15)/t9-,11?/m1/s1. The molecule has 0 saturated heterocycles. The third-order valence-corrected chi connectivity index (χ3v) is 3.04. The van der Waals surface area contributed by atoms with Gasteiger partial charge in [-0.05, 0) is 32.1 Å². The number of rotatable bonds is 4. The number of hydrogen-bond donors (Lipinski definition) is 2. The van der Waals surface area contributed by atoms with Crippen LogP contribution < -0.4 is 11.5 Å². The van der Waals surface area contributed by atoms with Crippen molar-refractivity contribution in [1.82, 2.24) is 0 Å². The van der Waals surface area contributed by atoms with Crippen molar-refractivity contribution in [2.45, 2.75) is 38.6 Å². The zero-order valence-corrected chi connectivity index (χ0v) is 9.33. The van der Waals surface area contributed by atoms with E-state index in [0.29, 0.717) is 5.92 Å². The average molecular weight is 208 g/mol. The zero-order chi connectivity index (χ0) is 11.4. The fraction of sp³-hybridized carbons (Fsp3) is 0.583. The summed E-state index contributed by atoms with van der Waals surface area (Å²) in [5.74, 6) is 0.250. The van der Waals surface area contributed by atoms with Crippen molar-refractivity contribution >= 4 is 5.91 Å². The summed E-state index contributed by atoms with van der Waals surface area (Å²) in [5, 5.41) is 0. The Balaban J connectivity index is 2.52. The van der Waals surface area contributed by atoms with Crippen molar-refractivity contribution in [3.05, 3.63) is 23.8 Å². The van der Waals surface area contributed by atoms with Gasteiger partial charge in [0.15, 0.2) is 0 Å². The van der Waals surface area contributed by atoms with Gasteiger partial charge in [0.05, 0.1) is 0 Å². The Bertz CT molecular complexity index is 294. The van der Waals surface area contributed by atoms with Crippen LogP contribution in [0.3, 0.4) is 0 Å². The Hall–Kier alpha value is -1.09. The molecule has 2 atom stereocenters. The lowest BCUT2D eigenvalue weighted by Gasteiger charge is -2.24. The van der Waals surface area contributed by atoms with E-state index in [1.165, 1.54) is 11.1 Å². The van der Waals surface area contributed by atoms with Crippen LogP contribution in [0.25, 0.3) is 0 Å². The molecule has 3 heteroatoms. The Labute approximate surface area is 91.2 Å². The van der Waals surface area contributed by atoms with Crippen LogP contribution in [-0.2, 0) is 4.79 Å². The molecule has 0 radical (unpaired) electrons. The van der Waals surface area contributed by atoms with Crippen LogP contribution in [0.2, 0.25) is 0 Å². The molecule has 0 saturated carbocycles. The van der Waals surface area contributed by atoms with Crippen LogP contribution in [0.15, 0.2) is 23.8 Å². The second-order valence-electron chi connectivity index (χ2n) is 4.37. The third kappa shape index (κ3) is 3.51. The first-order chi connectivity index (χ1) is 7.00. The van der Waals surface area contributed by atoms with Gasteiger partial charge in [-0.3, -0.25) is 4.79 Å². The number of carbonyl (C=O) groups is 1. The Morgan fingerprint density at radius 3 is 2.80 bits per heavy atom. The van der Waals surface area contributed by atoms with Crippen LogP contribution in [0, 0.1) is 5.92 Å². The van der Waals surface area contributed by atoms with Crippen LogP contribution in [-0.4, -0.2) is 11.9 Å². The summed E-state index contributed by atoms with van der Waals surface area (Å²) in [7, 11) is 0. The third-order valence-electron chi connectivity index (χ3n) is 3.04. The predicted octanol–water partition coefficient (Wildman–Crippen LogP) is 1.49. The number of amides is 1. The largest absolute Gasteiger partial charge is 0.370 e. The van der Waals surface area contributed by atoms with E-state index in [1.54, 1.807) is 0 Å². The van der Waals surface area contributed by atoms with Gasteiger partial charge in [-0.2, -0.15) is 0 Å². The van der Waals surface area contributed by atoms with E-state index in [9.17, 15) is 4.79 Å². The topological polar surface area (TPSA) is 69.1 Å². The van der Waals surface area contributed by atoms with Gasteiger partial charge in [0, 0.05) is 12.5 Å². The Morgan fingerprint density at radius 1 is 1.73 bits per heavy atom. The lowest BCUT2D eigenvalue weighted by molar-refractivity contribution is -0.118. The molecule has 1 aliphatic rings. The fourth-order valence-electron chi connectivity index (χ4n) is 1.99. The monoisotopic (exact) mass is 208 g/mol. The zero-order valence-electron chi connectivity index (χ0n) is 9.33. The van der Waals surface area contributed by atoms with Crippen molar-refractivity contribution in [2.24, 2.45) is 17.4 Å². The van der Waals surface area contributed by atoms with Gasteiger partial charge in [0.1, 0.15) is 0 Å². The SMILES string of the molecule is C=C(C)[C@@H]1CC=C(C(N)CC(N)=O)CC1. The fourth-order valence-corrected chi connectivity index (χ4v) is 1.99. The van der Waals surface area contributed by atoms with Crippen LogP contribution >= 0.6 is 0 Å². The molecule has 84 valence electrons. The van der Waals surface area contributed by atoms with Crippen molar-refractivity contribution in [1.29, 1.82) is 0 Å². The van der Waals surface area contributed by atoms with Gasteiger partial charge < -0.3 is 11.5 Å². The second kappa shape index (κ2) is 5.12. The van der Waals surface area contributed by atoms with Gasteiger partial charge in [0.25, 0.3) is 0 Å². The van der Waals surface area contributed by atoms with Crippen LogP contribution in [0.4, 0.5) is 0 Å². The molecule has 0 aliphatic heterocycles. The molecule has 0 aromatic carbocycles. The molecular weight excluding hydrogens is 188 g/mol. The summed E-state index contributed by atoms with van der Waals surface area (Å²) in [6, 6.07) is -0.187. The van der Waals surface area contributed by atoms with Crippen molar-refractivity contribution in [2.75, 3.05) is 0 Å². The van der Waals surface area contributed by atoms with E-state index < -0.39 is 0 Å². The minimum absolute atomic E-state index is 0.187. The van der Waals surface area contributed by atoms with Crippen LogP contribution in [0.5, 0.6) is 0 Å². The number of allylic oxidation sites excluding steroid dienone is 2. The van der Waals surface area contributed by atoms with E-state index in [4.69, 9.17) is 11.5 Å². The maximum atomic E-state index is 10.7. The molecule has 1 unspecified atom stereocenters. The maximum absolute atomic E-state index is 10.7. The summed E-state index contributed by atoms with van der Waals surface area (Å²) in [5.41, 5.74) is 13.4. The van der Waals surface area contributed by atoms with Gasteiger partial charge in [-0.1, -0.05) is 23.8 Å². The normalized spacial score (nSPS) is 23.1. The molecule has 0 fully saturated rings. The number of carbonyl (C=O) groups excluding carboxylic acids is 1. The smallest absolute Gasteiger partial charge is 0.219 e. The van der Waals surface area contributed by atoms with E-state index in [1.807, 2.05) is 0 Å². The van der Waals surface area contributed by atoms with Crippen molar-refractivity contribution in [3.8, 4) is 0 Å². The molecule has 0 bridgehead atoms. The summed E-state index contributed by atoms with van der Waals surface area (Å²) in [6.45, 7) is 6.02. The highest BCUT2D eigenvalue weighted by Gasteiger charge is 2.19. The van der Waals surface area contributed by atoms with E-state index in [0.717, 1.165) is 19.3 Å². The molecular formula is C12H20N2O. The molecule has 0 spiro atoms. The van der Waals surface area contributed by atoms with Gasteiger partial charge >= 0.3 is 0 Å². The van der Waals surface area contributed by atoms with E-state index >= 15 is 0 Å². The minimum atomic E-state index is -0.328. The molecule has 1 amide bonds. The van der Waals surface area contributed by atoms with Crippen molar-refractivity contribution < 1.29 is 4.79 Å². The molecule has 0 aromatic heterocycles. The first-order valence-corrected chi connectivity index (χ1v) is 5.39. The Kier molecular flexibility index (Phi) is 4.09. The number of nitrogens with two attached hydrogens (primary N) is 2. The number of primary amides is 1. The summed E-state index contributed by atoms with van der Waals surface area (Å²) < 4.78 is 0. The first kappa shape index (κ1) is 12.0. The lowest BCUT2D eigenvalue weighted by atomic mass is 9.83. The minimum Gasteiger partial charge on any atom is -0.370 e. The number of hydrogen-bond acceptors (Lipinski definition) is 2. The highest BCUT2D eigenvalue weighted by molar-refractivity contribution is 5.74. The quantitative estimate of drug-likeness (QED) is 0.687. The van der Waals surface area contributed by atoms with Gasteiger partial charge in [0.2, 0.25) is 5.91 Å². The maximum Gasteiger partial charge on any atom is 0.219 e. The predicted molar refractivity (Wildman–Crippen MR) is 62.0 cm³/mol. The van der Waals surface area contributed by atoms with Crippen molar-refractivity contribution in [3.63, 3.8) is 0 Å². The molecule has 1 aliphatic carbocycles. The molecule has 4 N–H and O–H groups in total. The van der Waals surface area contributed by atoms with E-state index in [-0.39, 0.29) is 18.4 Å². The summed E-state index contributed by atoms with van der Waals surface area (Å²) in [4.78, 5) is 10.7. The highest BCUT2D eigenvalue weighted by atomic mass is 16.1. The first-order valence-electron chi connectivity index (χ1n) is 5.39. The van der Waals surface area contributed by atoms with Crippen LogP contribution in [0.1, 0.15) is 32.6 Å². The molecule has 1 rings (SSSR count). The van der Waals surface area contributed by atoms with Gasteiger partial charge in [-0.15, -0.1) is 0 Å². The Morgan fingerprint density at radius 2 is 2.40 bits per heavy atom. The van der Waals surface area contributed by atoms with Gasteiger partial charge in [-0.25, -0.2) is 0 Å². The molecule has 15 heavy (non-hydrogen) atoms. The lowest BCUT2D eigenvalue weighted by Crippen LogP contribution is -2.30. The molecule has 3 nitrogen and oxygen atoms in total. The average Bonchev–Trinajstić information content (AvgIpc) is 2.17. The summed E-state index contributed by atoms with van der Waals surface area (Å²) >= 11 is 0. The highest BCUT2D eigenvalue weighted by Crippen LogP contribution is 2.29. The summed E-state index contributed by atoms with van der Waals surface area (Å²) in [6.07, 6.45) is 5.46. The van der Waals surface area contributed by atoms with E-state index in [2.05, 4.69) is 19.6 Å². The molecule has 0 heterocycles.